The summed E-state index contributed by atoms with van der Waals surface area (Å²) in [5.41, 5.74) is 6.69. The molecule has 1 rings (SSSR count). The first kappa shape index (κ1) is 16.4. The number of hydrogen-bond donors (Lipinski definition) is 3. The highest BCUT2D eigenvalue weighted by Crippen LogP contribution is 2.01. The minimum Gasteiger partial charge on any atom is -0.481 e. The number of carbonyl (C=O) groups excluding carboxylic acids is 1. The summed E-state index contributed by atoms with van der Waals surface area (Å²) < 4.78 is 0. The molecular formula is C12H17ClN2O3. The van der Waals surface area contributed by atoms with Crippen molar-refractivity contribution in [3.8, 4) is 0 Å². The van der Waals surface area contributed by atoms with E-state index in [0.29, 0.717) is 6.42 Å². The van der Waals surface area contributed by atoms with E-state index in [1.807, 2.05) is 30.3 Å². The molecule has 18 heavy (non-hydrogen) atoms. The molecule has 100 valence electrons. The minimum absolute atomic E-state index is 0. The van der Waals surface area contributed by atoms with Gasteiger partial charge in [-0.15, -0.1) is 12.4 Å². The average Bonchev–Trinajstić information content (AvgIpc) is 2.29. The van der Waals surface area contributed by atoms with Gasteiger partial charge in [0.15, 0.2) is 0 Å². The number of nitrogens with two attached hydrogens (primary N) is 1. The topological polar surface area (TPSA) is 92.4 Å². The second kappa shape index (κ2) is 8.49. The first-order valence-corrected chi connectivity index (χ1v) is 5.38. The lowest BCUT2D eigenvalue weighted by atomic mass is 10.1. The van der Waals surface area contributed by atoms with Crippen molar-refractivity contribution in [2.45, 2.75) is 18.9 Å². The van der Waals surface area contributed by atoms with Crippen molar-refractivity contribution < 1.29 is 14.7 Å². The van der Waals surface area contributed by atoms with Gasteiger partial charge in [-0.2, -0.15) is 0 Å². The fourth-order valence-electron chi connectivity index (χ4n) is 1.38. The highest BCUT2D eigenvalue weighted by Gasteiger charge is 2.13. The van der Waals surface area contributed by atoms with E-state index in [1.54, 1.807) is 0 Å². The Balaban J connectivity index is 0.00000289. The largest absolute Gasteiger partial charge is 0.481 e. The second-order valence-electron chi connectivity index (χ2n) is 3.73. The van der Waals surface area contributed by atoms with E-state index in [2.05, 4.69) is 5.32 Å². The maximum absolute atomic E-state index is 11.5. The summed E-state index contributed by atoms with van der Waals surface area (Å²) in [6.45, 7) is 0.108. The van der Waals surface area contributed by atoms with Crippen molar-refractivity contribution in [3.63, 3.8) is 0 Å². The lowest BCUT2D eigenvalue weighted by Gasteiger charge is -2.11. The van der Waals surface area contributed by atoms with Crippen molar-refractivity contribution in [2.75, 3.05) is 6.54 Å². The molecule has 1 atom stereocenters. The lowest BCUT2D eigenvalue weighted by Crippen LogP contribution is -2.42. The molecule has 0 unspecified atom stereocenters. The molecule has 1 aromatic rings. The van der Waals surface area contributed by atoms with Gasteiger partial charge >= 0.3 is 5.97 Å². The van der Waals surface area contributed by atoms with E-state index < -0.39 is 12.0 Å². The summed E-state index contributed by atoms with van der Waals surface area (Å²) in [5.74, 6) is -1.27. The number of carboxylic acids is 1. The van der Waals surface area contributed by atoms with Crippen LogP contribution in [0.3, 0.4) is 0 Å². The van der Waals surface area contributed by atoms with E-state index in [-0.39, 0.29) is 31.3 Å². The molecule has 0 bridgehead atoms. The molecule has 1 amide bonds. The molecule has 0 saturated heterocycles. The van der Waals surface area contributed by atoms with Crippen LogP contribution in [0.2, 0.25) is 0 Å². The molecule has 0 aromatic heterocycles. The molecule has 4 N–H and O–H groups in total. The fraction of sp³-hybridized carbons (Fsp3) is 0.333. The molecule has 0 fully saturated rings. The summed E-state index contributed by atoms with van der Waals surface area (Å²) in [4.78, 5) is 21.8. The molecule has 0 aliphatic rings. The molecule has 5 nitrogen and oxygen atoms in total. The van der Waals surface area contributed by atoms with Gasteiger partial charge in [0.2, 0.25) is 5.91 Å². The van der Waals surface area contributed by atoms with Gasteiger partial charge in [0.05, 0.1) is 12.5 Å². The van der Waals surface area contributed by atoms with Crippen molar-refractivity contribution >= 4 is 24.3 Å². The third kappa shape index (κ3) is 6.22. The Kier molecular flexibility index (Phi) is 7.74. The summed E-state index contributed by atoms with van der Waals surface area (Å²) in [7, 11) is 0. The van der Waals surface area contributed by atoms with Gasteiger partial charge in [-0.1, -0.05) is 30.3 Å². The Morgan fingerprint density at radius 2 is 1.89 bits per heavy atom. The molecule has 0 heterocycles. The smallest absolute Gasteiger partial charge is 0.305 e. The van der Waals surface area contributed by atoms with Gasteiger partial charge in [0.25, 0.3) is 0 Å². The average molecular weight is 273 g/mol. The fourth-order valence-corrected chi connectivity index (χ4v) is 1.38. The van der Waals surface area contributed by atoms with E-state index in [0.717, 1.165) is 5.56 Å². The monoisotopic (exact) mass is 272 g/mol. The molecule has 6 heteroatoms. The van der Waals surface area contributed by atoms with Crippen LogP contribution >= 0.6 is 12.4 Å². The molecule has 0 aliphatic carbocycles. The first-order chi connectivity index (χ1) is 8.09. The maximum atomic E-state index is 11.5. The zero-order valence-electron chi connectivity index (χ0n) is 9.83. The summed E-state index contributed by atoms with van der Waals surface area (Å²) in [6.07, 6.45) is 0.351. The van der Waals surface area contributed by atoms with E-state index in [9.17, 15) is 9.59 Å². The van der Waals surface area contributed by atoms with Gasteiger partial charge in [-0.3, -0.25) is 9.59 Å². The van der Waals surface area contributed by atoms with E-state index >= 15 is 0 Å². The number of hydrogen-bond acceptors (Lipinski definition) is 3. The summed E-state index contributed by atoms with van der Waals surface area (Å²) in [6, 6.07) is 8.79. The Hall–Kier alpha value is -1.59. The van der Waals surface area contributed by atoms with Crippen LogP contribution in [0.4, 0.5) is 0 Å². The normalized spacial score (nSPS) is 11.2. The third-order valence-electron chi connectivity index (χ3n) is 2.27. The quantitative estimate of drug-likeness (QED) is 0.706. The molecule has 0 spiro atoms. The van der Waals surface area contributed by atoms with Gasteiger partial charge in [0, 0.05) is 6.54 Å². The van der Waals surface area contributed by atoms with Crippen LogP contribution in [-0.2, 0) is 16.0 Å². The second-order valence-corrected chi connectivity index (χ2v) is 3.73. The minimum atomic E-state index is -0.943. The van der Waals surface area contributed by atoms with E-state index in [4.69, 9.17) is 10.8 Å². The third-order valence-corrected chi connectivity index (χ3v) is 2.27. The maximum Gasteiger partial charge on any atom is 0.305 e. The van der Waals surface area contributed by atoms with Crippen molar-refractivity contribution in [2.24, 2.45) is 5.73 Å². The highest BCUT2D eigenvalue weighted by molar-refractivity contribution is 5.85. The lowest BCUT2D eigenvalue weighted by molar-refractivity contribution is -0.136. The predicted octanol–water partition coefficient (Wildman–Crippen LogP) is 0.569. The van der Waals surface area contributed by atoms with Gasteiger partial charge < -0.3 is 16.2 Å². The number of halogens is 1. The number of benzene rings is 1. The van der Waals surface area contributed by atoms with Crippen LogP contribution in [0, 0.1) is 0 Å². The Labute approximate surface area is 112 Å². The molecule has 0 aliphatic heterocycles. The van der Waals surface area contributed by atoms with Gasteiger partial charge in [-0.05, 0) is 12.0 Å². The van der Waals surface area contributed by atoms with E-state index in [1.165, 1.54) is 0 Å². The standard InChI is InChI=1S/C12H16N2O3.ClH/c13-10(8-9-4-2-1-3-5-9)12(17)14-7-6-11(15)16;/h1-5,10H,6-8,13H2,(H,14,17)(H,15,16);1H/t10-;/m1./s1. The first-order valence-electron chi connectivity index (χ1n) is 5.38. The van der Waals surface area contributed by atoms with Crippen LogP contribution in [0.5, 0.6) is 0 Å². The molecule has 0 saturated carbocycles. The molecule has 0 radical (unpaired) electrons. The van der Waals surface area contributed by atoms with Crippen molar-refractivity contribution in [1.29, 1.82) is 0 Å². The summed E-state index contributed by atoms with van der Waals surface area (Å²) >= 11 is 0. The number of carboxylic acid groups (broad SMARTS) is 1. The zero-order chi connectivity index (χ0) is 12.7. The van der Waals surface area contributed by atoms with Gasteiger partial charge in [0.1, 0.15) is 0 Å². The SMILES string of the molecule is Cl.N[C@H](Cc1ccccc1)C(=O)NCCC(=O)O. The Morgan fingerprint density at radius 3 is 2.44 bits per heavy atom. The highest BCUT2D eigenvalue weighted by atomic mass is 35.5. The number of nitrogens with one attached hydrogen (secondary N) is 1. The van der Waals surface area contributed by atoms with Crippen LogP contribution in [0.15, 0.2) is 30.3 Å². The Bertz CT molecular complexity index is 384. The number of carbonyl (C=O) groups is 2. The molecular weight excluding hydrogens is 256 g/mol. The number of aliphatic carboxylic acids is 1. The van der Waals surface area contributed by atoms with Crippen LogP contribution in [0.25, 0.3) is 0 Å². The van der Waals surface area contributed by atoms with Crippen molar-refractivity contribution in [3.05, 3.63) is 35.9 Å². The van der Waals surface area contributed by atoms with Gasteiger partial charge in [-0.25, -0.2) is 0 Å². The predicted molar refractivity (Wildman–Crippen MR) is 70.6 cm³/mol. The van der Waals surface area contributed by atoms with Crippen LogP contribution in [0.1, 0.15) is 12.0 Å². The molecule has 1 aromatic carbocycles. The van der Waals surface area contributed by atoms with Crippen molar-refractivity contribution in [1.82, 2.24) is 5.32 Å². The Morgan fingerprint density at radius 1 is 1.28 bits per heavy atom. The summed E-state index contributed by atoms with van der Waals surface area (Å²) in [5, 5.41) is 10.9. The number of rotatable bonds is 6. The zero-order valence-corrected chi connectivity index (χ0v) is 10.7. The van der Waals surface area contributed by atoms with Crippen LogP contribution < -0.4 is 11.1 Å². The number of amides is 1. The van der Waals surface area contributed by atoms with Crippen LogP contribution in [-0.4, -0.2) is 29.6 Å².